The second-order valence-corrected chi connectivity index (χ2v) is 7.24. The Morgan fingerprint density at radius 1 is 0.778 bits per heavy atom. The average Bonchev–Trinajstić information content (AvgIpc) is 3.42. The second-order valence-electron chi connectivity index (χ2n) is 7.24. The van der Waals surface area contributed by atoms with Gasteiger partial charge in [0.25, 0.3) is 0 Å². The summed E-state index contributed by atoms with van der Waals surface area (Å²) in [5.74, 6) is 2.11. The number of rotatable bonds is 2. The first kappa shape index (κ1) is 16.4. The van der Waals surface area contributed by atoms with E-state index in [1.165, 1.54) is 16.8 Å². The van der Waals surface area contributed by atoms with Crippen molar-refractivity contribution in [3.8, 4) is 0 Å². The van der Waals surface area contributed by atoms with Crippen LogP contribution in [0.3, 0.4) is 0 Å². The van der Waals surface area contributed by atoms with Crippen LogP contribution >= 0.6 is 0 Å². The van der Waals surface area contributed by atoms with E-state index in [0.717, 1.165) is 17.9 Å². The molecule has 0 spiro atoms. The summed E-state index contributed by atoms with van der Waals surface area (Å²) in [6.07, 6.45) is 6.68. The summed E-state index contributed by atoms with van der Waals surface area (Å²) in [7, 11) is 0. The summed E-state index contributed by atoms with van der Waals surface area (Å²) in [6.45, 7) is 0. The van der Waals surface area contributed by atoms with Gasteiger partial charge in [0.05, 0.1) is 18.4 Å². The van der Waals surface area contributed by atoms with Gasteiger partial charge >= 0.3 is 0 Å². The van der Waals surface area contributed by atoms with Crippen LogP contribution in [0.2, 0.25) is 0 Å². The van der Waals surface area contributed by atoms with Crippen LogP contribution in [0, 0.1) is 0 Å². The molecule has 134 valence electrons. The number of pyridine rings is 1. The minimum Gasteiger partial charge on any atom is -1.00 e. The third-order valence-electron chi connectivity index (χ3n) is 6.15. The van der Waals surface area contributed by atoms with Crippen molar-refractivity contribution in [2.24, 2.45) is 0 Å². The molecule has 5 heterocycles. The van der Waals surface area contributed by atoms with Gasteiger partial charge in [0.15, 0.2) is 17.9 Å². The predicted octanol–water partition coefficient (Wildman–Crippen LogP) is 1.59. The molecule has 0 radical (unpaired) electrons. The van der Waals surface area contributed by atoms with Gasteiger partial charge in [-0.2, -0.15) is 4.57 Å². The maximum atomic E-state index is 6.01. The van der Waals surface area contributed by atoms with Crippen molar-refractivity contribution in [1.82, 2.24) is 0 Å². The van der Waals surface area contributed by atoms with Crippen LogP contribution in [-0.2, 0) is 5.41 Å². The first-order chi connectivity index (χ1) is 12.9. The van der Waals surface area contributed by atoms with Gasteiger partial charge in [-0.3, -0.25) is 0 Å². The zero-order valence-electron chi connectivity index (χ0n) is 14.6. The highest BCUT2D eigenvalue weighted by Crippen LogP contribution is 2.59. The molecule has 0 unspecified atom stereocenters. The average molecular weight is 376 g/mol. The summed E-state index contributed by atoms with van der Waals surface area (Å²) < 4.78 is 14.5. The van der Waals surface area contributed by atoms with Crippen molar-refractivity contribution in [3.63, 3.8) is 0 Å². The largest absolute Gasteiger partial charge is 1.00 e. The van der Waals surface area contributed by atoms with Crippen LogP contribution in [0.1, 0.15) is 46.7 Å². The lowest BCUT2D eigenvalue weighted by atomic mass is 9.56. The first-order valence-corrected chi connectivity index (χ1v) is 9.06. The van der Waals surface area contributed by atoms with E-state index in [0.29, 0.717) is 0 Å². The maximum Gasteiger partial charge on any atom is 0.190 e. The summed E-state index contributed by atoms with van der Waals surface area (Å²) in [5, 5.41) is 0. The normalized spacial score (nSPS) is 21.2. The Kier molecular flexibility index (Phi) is 3.56. The molecule has 27 heavy (non-hydrogen) atoms. The van der Waals surface area contributed by atoms with Gasteiger partial charge in [-0.1, -0.05) is 30.3 Å². The molecule has 1 aromatic carbocycles. The van der Waals surface area contributed by atoms with Gasteiger partial charge in [0, 0.05) is 24.1 Å². The van der Waals surface area contributed by atoms with Gasteiger partial charge < -0.3 is 21.2 Å². The summed E-state index contributed by atoms with van der Waals surface area (Å²) in [6, 6.07) is 23.7. The number of hydrogen-bond acceptors (Lipinski definition) is 2. The van der Waals surface area contributed by atoms with Crippen LogP contribution in [0.15, 0.2) is 94.3 Å². The fraction of sp³-hybridized carbons (Fsp3) is 0.174. The topological polar surface area (TPSA) is 30.2 Å². The minimum atomic E-state index is -0.326. The third kappa shape index (κ3) is 2.00. The molecule has 3 aliphatic rings. The van der Waals surface area contributed by atoms with Crippen LogP contribution in [-0.4, -0.2) is 0 Å². The van der Waals surface area contributed by atoms with Crippen LogP contribution < -0.4 is 17.0 Å². The summed E-state index contributed by atoms with van der Waals surface area (Å²) in [5.41, 5.74) is 3.78. The van der Waals surface area contributed by atoms with E-state index in [1.807, 2.05) is 12.1 Å². The van der Waals surface area contributed by atoms with Gasteiger partial charge in [-0.15, -0.1) is 0 Å². The smallest absolute Gasteiger partial charge is 0.190 e. The summed E-state index contributed by atoms with van der Waals surface area (Å²) in [4.78, 5) is 0. The molecule has 0 N–H and O–H groups in total. The van der Waals surface area contributed by atoms with E-state index < -0.39 is 0 Å². The van der Waals surface area contributed by atoms with E-state index in [4.69, 9.17) is 8.83 Å². The molecule has 7 rings (SSSR count). The highest BCUT2D eigenvalue weighted by Gasteiger charge is 2.62. The minimum absolute atomic E-state index is 0. The Balaban J connectivity index is 0.00000160. The Labute approximate surface area is 163 Å². The number of benzene rings is 1. The van der Waals surface area contributed by atoms with Crippen molar-refractivity contribution in [2.75, 3.05) is 0 Å². The van der Waals surface area contributed by atoms with Crippen molar-refractivity contribution in [1.29, 1.82) is 0 Å². The molecule has 4 aromatic rings. The van der Waals surface area contributed by atoms with Crippen LogP contribution in [0.4, 0.5) is 0 Å². The Morgan fingerprint density at radius 3 is 2.11 bits per heavy atom. The lowest BCUT2D eigenvalue weighted by molar-refractivity contribution is -0.732. The number of fused-ring (bicyclic) bond motifs is 1. The molecule has 0 fully saturated rings. The third-order valence-corrected chi connectivity index (χ3v) is 6.15. The highest BCUT2D eigenvalue weighted by molar-refractivity contribution is 5.51. The van der Waals surface area contributed by atoms with E-state index in [9.17, 15) is 0 Å². The molecule has 0 amide bonds. The molecule has 3 nitrogen and oxygen atoms in total. The lowest BCUT2D eigenvalue weighted by Gasteiger charge is -2.46. The molecular weight excluding hydrogens is 358 g/mol. The highest BCUT2D eigenvalue weighted by atomic mass is 35.5. The molecular formula is C23H18ClNO2. The van der Waals surface area contributed by atoms with Crippen LogP contribution in [0.5, 0.6) is 0 Å². The fourth-order valence-electron chi connectivity index (χ4n) is 5.21. The zero-order chi connectivity index (χ0) is 17.1. The number of furan rings is 2. The van der Waals surface area contributed by atoms with Gasteiger partial charge in [0.1, 0.15) is 16.9 Å². The Morgan fingerprint density at radius 2 is 1.44 bits per heavy atom. The summed E-state index contributed by atoms with van der Waals surface area (Å²) >= 11 is 0. The fourth-order valence-corrected chi connectivity index (χ4v) is 5.21. The molecule has 2 bridgehead atoms. The van der Waals surface area contributed by atoms with Crippen molar-refractivity contribution in [2.45, 2.75) is 23.8 Å². The molecule has 4 heteroatoms. The zero-order valence-corrected chi connectivity index (χ0v) is 15.3. The van der Waals surface area contributed by atoms with E-state index >= 15 is 0 Å². The van der Waals surface area contributed by atoms with Crippen LogP contribution in [0.25, 0.3) is 0 Å². The number of halogens is 1. The van der Waals surface area contributed by atoms with E-state index in [1.54, 1.807) is 12.5 Å². The molecule has 2 atom stereocenters. The molecule has 1 aliphatic carbocycles. The van der Waals surface area contributed by atoms with Crippen molar-refractivity contribution >= 4 is 0 Å². The molecule has 0 saturated heterocycles. The van der Waals surface area contributed by atoms with Gasteiger partial charge in [-0.25, -0.2) is 0 Å². The lowest BCUT2D eigenvalue weighted by Crippen LogP contribution is -3.00. The molecule has 0 saturated carbocycles. The molecule has 2 aliphatic heterocycles. The maximum absolute atomic E-state index is 6.01. The Bertz CT molecular complexity index is 1000. The van der Waals surface area contributed by atoms with E-state index in [-0.39, 0.29) is 29.8 Å². The second kappa shape index (κ2) is 5.86. The quantitative estimate of drug-likeness (QED) is 0.498. The van der Waals surface area contributed by atoms with E-state index in [2.05, 4.69) is 65.4 Å². The molecule has 3 aromatic heterocycles. The van der Waals surface area contributed by atoms with Gasteiger partial charge in [0.2, 0.25) is 0 Å². The van der Waals surface area contributed by atoms with Crippen molar-refractivity contribution < 1.29 is 25.8 Å². The monoisotopic (exact) mass is 375 g/mol. The number of nitrogens with zero attached hydrogens (tertiary/aromatic N) is 1. The number of aromatic nitrogens is 1. The number of hydrogen-bond donors (Lipinski definition) is 0. The first-order valence-electron chi connectivity index (χ1n) is 9.06. The van der Waals surface area contributed by atoms with Crippen molar-refractivity contribution in [3.05, 3.63) is 114 Å². The SMILES string of the molecule is [Cl-].c1coc(C2(c3ccco3)C[C@@H]3c4ccccc4[C@H]2c2cccc[n+]23)c1. The predicted molar refractivity (Wildman–Crippen MR) is 95.9 cm³/mol. The standard InChI is InChI=1S/C23H18NO2.ClH/c1-2-8-17-16(7-1)19-15-23(20-10-5-13-25-20,21-11-6-14-26-21)22(17)18-9-3-4-12-24(18)19;/h1-14,19,22H,15H2;1H/q+1;/p-1/t19-,22+;/m1./s1. The van der Waals surface area contributed by atoms with Gasteiger partial charge in [-0.05, 0) is 29.8 Å². The Hall–Kier alpha value is -2.78.